The molecule has 1 heterocycles. The van der Waals surface area contributed by atoms with Crippen LogP contribution in [0.5, 0.6) is 0 Å². The van der Waals surface area contributed by atoms with Gasteiger partial charge in [0.15, 0.2) is 0 Å². The van der Waals surface area contributed by atoms with Gasteiger partial charge in [0, 0.05) is 13.1 Å². The van der Waals surface area contributed by atoms with Crippen molar-refractivity contribution in [2.45, 2.75) is 12.1 Å². The van der Waals surface area contributed by atoms with E-state index in [1.807, 2.05) is 7.05 Å². The van der Waals surface area contributed by atoms with E-state index in [1.54, 1.807) is 0 Å². The van der Waals surface area contributed by atoms with Crippen molar-refractivity contribution in [2.75, 3.05) is 33.8 Å². The van der Waals surface area contributed by atoms with Crippen molar-refractivity contribution in [3.8, 4) is 12.3 Å². The molecule has 2 unspecified atom stereocenters. The molecule has 1 aliphatic rings. The zero-order valence-electron chi connectivity index (χ0n) is 7.71. The summed E-state index contributed by atoms with van der Waals surface area (Å²) in [7, 11) is 3.95. The fourth-order valence-electron chi connectivity index (χ4n) is 1.39. The van der Waals surface area contributed by atoms with Crippen LogP contribution in [0.25, 0.3) is 0 Å². The Labute approximate surface area is 74.1 Å². The van der Waals surface area contributed by atoms with Crippen LogP contribution in [-0.4, -0.2) is 50.8 Å². The zero-order valence-corrected chi connectivity index (χ0v) is 7.71. The van der Waals surface area contributed by atoms with Crippen LogP contribution < -0.4 is 5.32 Å². The number of morpholine rings is 1. The maximum Gasteiger partial charge on any atom is 0.0967 e. The molecule has 0 aromatic heterocycles. The molecule has 3 nitrogen and oxygen atoms in total. The summed E-state index contributed by atoms with van der Waals surface area (Å²) in [5, 5.41) is 3.05. The topological polar surface area (TPSA) is 24.5 Å². The molecule has 0 aromatic carbocycles. The Balaban J connectivity index is 2.45. The lowest BCUT2D eigenvalue weighted by atomic mass is 10.1. The third-order valence-electron chi connectivity index (χ3n) is 2.16. The van der Waals surface area contributed by atoms with Crippen LogP contribution >= 0.6 is 0 Å². The van der Waals surface area contributed by atoms with Gasteiger partial charge < -0.3 is 15.0 Å². The summed E-state index contributed by atoms with van der Waals surface area (Å²) in [6.45, 7) is 2.69. The first-order chi connectivity index (χ1) is 5.77. The molecule has 0 spiro atoms. The van der Waals surface area contributed by atoms with Crippen molar-refractivity contribution in [1.29, 1.82) is 0 Å². The summed E-state index contributed by atoms with van der Waals surface area (Å²) in [6.07, 6.45) is 5.49. The second-order valence-corrected chi connectivity index (χ2v) is 3.10. The molecular formula is C9H16N2O. The van der Waals surface area contributed by atoms with E-state index in [0.29, 0.717) is 0 Å². The van der Waals surface area contributed by atoms with Gasteiger partial charge in [-0.1, -0.05) is 5.92 Å². The molecule has 0 aliphatic carbocycles. The summed E-state index contributed by atoms with van der Waals surface area (Å²) in [5.41, 5.74) is 0. The Morgan fingerprint density at radius 3 is 3.00 bits per heavy atom. The van der Waals surface area contributed by atoms with Crippen molar-refractivity contribution < 1.29 is 4.74 Å². The largest absolute Gasteiger partial charge is 0.373 e. The molecular weight excluding hydrogens is 152 g/mol. The van der Waals surface area contributed by atoms with E-state index in [2.05, 4.69) is 23.2 Å². The van der Waals surface area contributed by atoms with Crippen LogP contribution in [0.1, 0.15) is 0 Å². The first-order valence-corrected chi connectivity index (χ1v) is 4.21. The molecule has 12 heavy (non-hydrogen) atoms. The fourth-order valence-corrected chi connectivity index (χ4v) is 1.39. The van der Waals surface area contributed by atoms with Gasteiger partial charge in [0.25, 0.3) is 0 Å². The number of nitrogens with one attached hydrogen (secondary N) is 1. The molecule has 1 rings (SSSR count). The molecule has 2 atom stereocenters. The molecule has 1 saturated heterocycles. The van der Waals surface area contributed by atoms with E-state index in [9.17, 15) is 0 Å². The lowest BCUT2D eigenvalue weighted by Gasteiger charge is -2.32. The average molecular weight is 168 g/mol. The van der Waals surface area contributed by atoms with Gasteiger partial charge in [0.05, 0.1) is 18.8 Å². The van der Waals surface area contributed by atoms with Gasteiger partial charge >= 0.3 is 0 Å². The van der Waals surface area contributed by atoms with Gasteiger partial charge in [0.2, 0.25) is 0 Å². The molecule has 0 saturated carbocycles. The highest BCUT2D eigenvalue weighted by Gasteiger charge is 2.23. The molecule has 3 heteroatoms. The maximum atomic E-state index is 5.55. The molecule has 0 aromatic rings. The minimum Gasteiger partial charge on any atom is -0.373 e. The van der Waals surface area contributed by atoms with E-state index in [1.165, 1.54) is 0 Å². The summed E-state index contributed by atoms with van der Waals surface area (Å²) in [5.74, 6) is 2.68. The lowest BCUT2D eigenvalue weighted by molar-refractivity contribution is -0.0278. The normalized spacial score (nSPS) is 27.9. The van der Waals surface area contributed by atoms with E-state index in [4.69, 9.17) is 11.2 Å². The summed E-state index contributed by atoms with van der Waals surface area (Å²) < 4.78 is 5.55. The van der Waals surface area contributed by atoms with Gasteiger partial charge in [-0.15, -0.1) is 6.42 Å². The van der Waals surface area contributed by atoms with Crippen LogP contribution in [0.2, 0.25) is 0 Å². The Hall–Kier alpha value is -0.560. The third kappa shape index (κ3) is 2.21. The van der Waals surface area contributed by atoms with Crippen LogP contribution in [0.3, 0.4) is 0 Å². The van der Waals surface area contributed by atoms with Crippen molar-refractivity contribution in [1.82, 2.24) is 10.2 Å². The molecule has 1 fully saturated rings. The highest BCUT2D eigenvalue weighted by molar-refractivity contribution is 5.03. The monoisotopic (exact) mass is 168 g/mol. The number of likely N-dealkylation sites (N-methyl/N-ethyl adjacent to an activating group) is 2. The fraction of sp³-hybridized carbons (Fsp3) is 0.778. The number of hydrogen-bond donors (Lipinski definition) is 1. The smallest absolute Gasteiger partial charge is 0.0967 e. The van der Waals surface area contributed by atoms with Gasteiger partial charge in [-0.2, -0.15) is 0 Å². The number of nitrogens with zero attached hydrogens (tertiary/aromatic N) is 1. The van der Waals surface area contributed by atoms with Crippen molar-refractivity contribution in [3.05, 3.63) is 0 Å². The standard InChI is InChI=1S/C9H16N2O/c1-4-8(10-2)9-7-11(3)5-6-12-9/h1,8-10H,5-7H2,2-3H3. The van der Waals surface area contributed by atoms with Crippen molar-refractivity contribution >= 4 is 0 Å². The Morgan fingerprint density at radius 1 is 1.75 bits per heavy atom. The van der Waals surface area contributed by atoms with Gasteiger partial charge in [-0.05, 0) is 14.1 Å². The Morgan fingerprint density at radius 2 is 2.50 bits per heavy atom. The Kier molecular flexibility index (Phi) is 3.54. The predicted molar refractivity (Wildman–Crippen MR) is 48.9 cm³/mol. The quantitative estimate of drug-likeness (QED) is 0.565. The second kappa shape index (κ2) is 4.46. The van der Waals surface area contributed by atoms with Gasteiger partial charge in [-0.25, -0.2) is 0 Å². The van der Waals surface area contributed by atoms with Crippen LogP contribution in [-0.2, 0) is 4.74 Å². The first kappa shape index (κ1) is 9.53. The average Bonchev–Trinajstić information content (AvgIpc) is 2.07. The van der Waals surface area contributed by atoms with Crippen LogP contribution in [0.4, 0.5) is 0 Å². The first-order valence-electron chi connectivity index (χ1n) is 4.21. The van der Waals surface area contributed by atoms with E-state index < -0.39 is 0 Å². The van der Waals surface area contributed by atoms with E-state index in [-0.39, 0.29) is 12.1 Å². The van der Waals surface area contributed by atoms with Crippen LogP contribution in [0, 0.1) is 12.3 Å². The van der Waals surface area contributed by atoms with Crippen LogP contribution in [0.15, 0.2) is 0 Å². The summed E-state index contributed by atoms with van der Waals surface area (Å²) in [4.78, 5) is 2.23. The maximum absolute atomic E-state index is 5.55. The molecule has 68 valence electrons. The number of ether oxygens (including phenoxy) is 1. The SMILES string of the molecule is C#CC(NC)C1CN(C)CCO1. The number of rotatable bonds is 2. The summed E-state index contributed by atoms with van der Waals surface area (Å²) in [6, 6.07) is 0.0350. The Bertz CT molecular complexity index is 176. The summed E-state index contributed by atoms with van der Waals surface area (Å²) >= 11 is 0. The second-order valence-electron chi connectivity index (χ2n) is 3.10. The predicted octanol–water partition coefficient (Wildman–Crippen LogP) is -0.462. The van der Waals surface area contributed by atoms with Gasteiger partial charge in [0.1, 0.15) is 0 Å². The molecule has 0 amide bonds. The number of terminal acetylenes is 1. The van der Waals surface area contributed by atoms with Crippen molar-refractivity contribution in [2.24, 2.45) is 0 Å². The minimum absolute atomic E-state index is 0.0350. The molecule has 0 radical (unpaired) electrons. The molecule has 0 bridgehead atoms. The van der Waals surface area contributed by atoms with E-state index in [0.717, 1.165) is 19.7 Å². The number of hydrogen-bond acceptors (Lipinski definition) is 3. The molecule has 1 N–H and O–H groups in total. The lowest BCUT2D eigenvalue weighted by Crippen LogP contribution is -2.49. The minimum atomic E-state index is 0.0350. The van der Waals surface area contributed by atoms with E-state index >= 15 is 0 Å². The zero-order chi connectivity index (χ0) is 8.97. The van der Waals surface area contributed by atoms with Crippen molar-refractivity contribution in [3.63, 3.8) is 0 Å². The highest BCUT2D eigenvalue weighted by atomic mass is 16.5. The molecule has 1 aliphatic heterocycles. The third-order valence-corrected chi connectivity index (χ3v) is 2.16. The van der Waals surface area contributed by atoms with Gasteiger partial charge in [-0.3, -0.25) is 0 Å². The highest BCUT2D eigenvalue weighted by Crippen LogP contribution is 2.06.